The molecular weight excluding hydrogens is 277 g/mol. The van der Waals surface area contributed by atoms with Crippen LogP contribution in [-0.4, -0.2) is 14.8 Å². The molecule has 4 heteroatoms. The van der Waals surface area contributed by atoms with Crippen molar-refractivity contribution in [3.8, 4) is 22.4 Å². The van der Waals surface area contributed by atoms with Gasteiger partial charge in [-0.3, -0.25) is 9.67 Å². The van der Waals surface area contributed by atoms with Crippen molar-refractivity contribution in [1.82, 2.24) is 14.8 Å². The standard InChI is InChI=1S/C18H18FN3/c1-12(2)18-16(13-8-10-20-11-9-13)17(21-22(18)3)14-4-6-15(19)7-5-14/h4-12H,1-3H3. The zero-order valence-corrected chi connectivity index (χ0v) is 12.9. The highest BCUT2D eigenvalue weighted by molar-refractivity contribution is 5.83. The van der Waals surface area contributed by atoms with E-state index in [1.807, 2.05) is 23.9 Å². The molecule has 0 saturated heterocycles. The lowest BCUT2D eigenvalue weighted by Crippen LogP contribution is -2.01. The van der Waals surface area contributed by atoms with Gasteiger partial charge in [-0.2, -0.15) is 5.10 Å². The molecule has 0 radical (unpaired) electrons. The summed E-state index contributed by atoms with van der Waals surface area (Å²) in [4.78, 5) is 4.09. The van der Waals surface area contributed by atoms with E-state index in [9.17, 15) is 4.39 Å². The molecule has 0 fully saturated rings. The minimum Gasteiger partial charge on any atom is -0.271 e. The highest BCUT2D eigenvalue weighted by Gasteiger charge is 2.21. The summed E-state index contributed by atoms with van der Waals surface area (Å²) in [5.74, 6) is 0.0871. The first-order chi connectivity index (χ1) is 10.6. The lowest BCUT2D eigenvalue weighted by atomic mass is 9.95. The van der Waals surface area contributed by atoms with E-state index < -0.39 is 0 Å². The molecule has 2 aromatic heterocycles. The average Bonchev–Trinajstić information content (AvgIpc) is 2.86. The zero-order valence-electron chi connectivity index (χ0n) is 12.9. The second-order valence-corrected chi connectivity index (χ2v) is 5.63. The lowest BCUT2D eigenvalue weighted by Gasteiger charge is -2.10. The fourth-order valence-corrected chi connectivity index (χ4v) is 2.81. The highest BCUT2D eigenvalue weighted by atomic mass is 19.1. The molecule has 0 aliphatic carbocycles. The van der Waals surface area contributed by atoms with Gasteiger partial charge in [0.25, 0.3) is 0 Å². The van der Waals surface area contributed by atoms with Crippen molar-refractivity contribution in [2.75, 3.05) is 0 Å². The first-order valence-electron chi connectivity index (χ1n) is 7.31. The summed E-state index contributed by atoms with van der Waals surface area (Å²) in [5.41, 5.74) is 5.11. The van der Waals surface area contributed by atoms with Gasteiger partial charge in [0.2, 0.25) is 0 Å². The molecule has 3 aromatic rings. The van der Waals surface area contributed by atoms with E-state index in [4.69, 9.17) is 0 Å². The monoisotopic (exact) mass is 295 g/mol. The smallest absolute Gasteiger partial charge is 0.123 e. The Balaban J connectivity index is 2.27. The summed E-state index contributed by atoms with van der Waals surface area (Å²) in [7, 11) is 1.95. The van der Waals surface area contributed by atoms with E-state index >= 15 is 0 Å². The second-order valence-electron chi connectivity index (χ2n) is 5.63. The molecule has 0 aliphatic rings. The molecule has 2 heterocycles. The number of rotatable bonds is 3. The maximum absolute atomic E-state index is 13.2. The first kappa shape index (κ1) is 14.4. The molecule has 0 atom stereocenters. The normalized spacial score (nSPS) is 11.1. The largest absolute Gasteiger partial charge is 0.271 e. The molecule has 3 nitrogen and oxygen atoms in total. The molecule has 0 bridgehead atoms. The van der Waals surface area contributed by atoms with Gasteiger partial charge in [-0.25, -0.2) is 4.39 Å². The third-order valence-corrected chi connectivity index (χ3v) is 3.73. The van der Waals surface area contributed by atoms with Crippen molar-refractivity contribution in [1.29, 1.82) is 0 Å². The van der Waals surface area contributed by atoms with Crippen LogP contribution in [0.2, 0.25) is 0 Å². The summed E-state index contributed by atoms with van der Waals surface area (Å²) in [6.45, 7) is 4.30. The van der Waals surface area contributed by atoms with Gasteiger partial charge in [-0.15, -0.1) is 0 Å². The quantitative estimate of drug-likeness (QED) is 0.716. The molecule has 0 N–H and O–H groups in total. The zero-order chi connectivity index (χ0) is 15.7. The summed E-state index contributed by atoms with van der Waals surface area (Å²) >= 11 is 0. The summed E-state index contributed by atoms with van der Waals surface area (Å²) < 4.78 is 15.1. The fraction of sp³-hybridized carbons (Fsp3) is 0.222. The van der Waals surface area contributed by atoms with E-state index in [1.54, 1.807) is 24.5 Å². The maximum atomic E-state index is 13.2. The molecule has 0 saturated carbocycles. The molecule has 0 amide bonds. The number of aryl methyl sites for hydroxylation is 1. The molecule has 0 aliphatic heterocycles. The Kier molecular flexibility index (Phi) is 3.75. The molecule has 0 spiro atoms. The number of pyridine rings is 1. The van der Waals surface area contributed by atoms with Crippen molar-refractivity contribution in [3.05, 3.63) is 60.3 Å². The van der Waals surface area contributed by atoms with Crippen LogP contribution < -0.4 is 0 Å². The van der Waals surface area contributed by atoms with E-state index in [1.165, 1.54) is 12.1 Å². The van der Waals surface area contributed by atoms with Crippen LogP contribution in [0.15, 0.2) is 48.8 Å². The second kappa shape index (κ2) is 5.72. The molecule has 3 rings (SSSR count). The van der Waals surface area contributed by atoms with Crippen LogP contribution in [-0.2, 0) is 7.05 Å². The van der Waals surface area contributed by atoms with Crippen molar-refractivity contribution in [2.45, 2.75) is 19.8 Å². The Bertz CT molecular complexity index is 774. The predicted octanol–water partition coefficient (Wildman–Crippen LogP) is 4.41. The number of aromatic nitrogens is 3. The molecular formula is C18H18FN3. The van der Waals surface area contributed by atoms with E-state index in [2.05, 4.69) is 23.9 Å². The number of halogens is 1. The highest BCUT2D eigenvalue weighted by Crippen LogP contribution is 2.37. The molecule has 1 aromatic carbocycles. The van der Waals surface area contributed by atoms with Crippen molar-refractivity contribution >= 4 is 0 Å². The van der Waals surface area contributed by atoms with Gasteiger partial charge in [-0.1, -0.05) is 13.8 Å². The molecule has 22 heavy (non-hydrogen) atoms. The summed E-state index contributed by atoms with van der Waals surface area (Å²) in [5, 5.41) is 4.68. The average molecular weight is 295 g/mol. The molecule has 0 unspecified atom stereocenters. The van der Waals surface area contributed by atoms with Crippen molar-refractivity contribution in [3.63, 3.8) is 0 Å². The van der Waals surface area contributed by atoms with Gasteiger partial charge in [0.05, 0.1) is 0 Å². The van der Waals surface area contributed by atoms with Crippen LogP contribution >= 0.6 is 0 Å². The predicted molar refractivity (Wildman–Crippen MR) is 85.9 cm³/mol. The topological polar surface area (TPSA) is 30.7 Å². The fourth-order valence-electron chi connectivity index (χ4n) is 2.81. The molecule has 112 valence electrons. The Morgan fingerprint density at radius 3 is 2.18 bits per heavy atom. The van der Waals surface area contributed by atoms with Gasteiger partial charge in [0, 0.05) is 36.3 Å². The third kappa shape index (κ3) is 2.52. The van der Waals surface area contributed by atoms with Crippen molar-refractivity contribution in [2.24, 2.45) is 7.05 Å². The Labute approximate surface area is 129 Å². The van der Waals surface area contributed by atoms with Gasteiger partial charge >= 0.3 is 0 Å². The van der Waals surface area contributed by atoms with Gasteiger partial charge in [-0.05, 0) is 47.9 Å². The Morgan fingerprint density at radius 1 is 0.955 bits per heavy atom. The lowest BCUT2D eigenvalue weighted by molar-refractivity contribution is 0.628. The number of nitrogens with zero attached hydrogens (tertiary/aromatic N) is 3. The Morgan fingerprint density at radius 2 is 1.59 bits per heavy atom. The van der Waals surface area contributed by atoms with Crippen LogP contribution in [0.5, 0.6) is 0 Å². The first-order valence-corrected chi connectivity index (χ1v) is 7.31. The Hall–Kier alpha value is -2.49. The van der Waals surface area contributed by atoms with E-state index in [-0.39, 0.29) is 5.82 Å². The van der Waals surface area contributed by atoms with E-state index in [0.29, 0.717) is 5.92 Å². The number of hydrogen-bond acceptors (Lipinski definition) is 2. The van der Waals surface area contributed by atoms with Crippen LogP contribution in [0.25, 0.3) is 22.4 Å². The number of hydrogen-bond donors (Lipinski definition) is 0. The van der Waals surface area contributed by atoms with Crippen LogP contribution in [0, 0.1) is 5.82 Å². The summed E-state index contributed by atoms with van der Waals surface area (Å²) in [6.07, 6.45) is 3.56. The van der Waals surface area contributed by atoms with Crippen LogP contribution in [0.4, 0.5) is 4.39 Å². The number of benzene rings is 1. The maximum Gasteiger partial charge on any atom is 0.123 e. The van der Waals surface area contributed by atoms with Crippen LogP contribution in [0.3, 0.4) is 0 Å². The third-order valence-electron chi connectivity index (χ3n) is 3.73. The van der Waals surface area contributed by atoms with Gasteiger partial charge in [0.15, 0.2) is 0 Å². The van der Waals surface area contributed by atoms with E-state index in [0.717, 1.165) is 28.1 Å². The van der Waals surface area contributed by atoms with Gasteiger partial charge < -0.3 is 0 Å². The minimum atomic E-state index is -0.241. The van der Waals surface area contributed by atoms with Crippen molar-refractivity contribution < 1.29 is 4.39 Å². The van der Waals surface area contributed by atoms with Gasteiger partial charge in [0.1, 0.15) is 11.5 Å². The minimum absolute atomic E-state index is 0.241. The van der Waals surface area contributed by atoms with Crippen LogP contribution in [0.1, 0.15) is 25.5 Å². The SMILES string of the molecule is CC(C)c1c(-c2ccncc2)c(-c2ccc(F)cc2)nn1C. The summed E-state index contributed by atoms with van der Waals surface area (Å²) in [6, 6.07) is 10.4.